The van der Waals surface area contributed by atoms with Gasteiger partial charge in [0, 0.05) is 0 Å². The minimum absolute atomic E-state index is 0.0934. The molecule has 0 spiro atoms. The SMILES string of the molecule is C=CCC1CCCCC1OC(=O)N(N)C(C(=O)O)C1CCCCC1. The van der Waals surface area contributed by atoms with Crippen LogP contribution in [0.4, 0.5) is 4.79 Å². The van der Waals surface area contributed by atoms with Gasteiger partial charge in [0.05, 0.1) is 0 Å². The molecule has 2 aliphatic carbocycles. The summed E-state index contributed by atoms with van der Waals surface area (Å²) >= 11 is 0. The highest BCUT2D eigenvalue weighted by atomic mass is 16.6. The van der Waals surface area contributed by atoms with Crippen molar-refractivity contribution in [1.29, 1.82) is 0 Å². The van der Waals surface area contributed by atoms with E-state index in [4.69, 9.17) is 10.6 Å². The number of carboxylic acids is 1. The van der Waals surface area contributed by atoms with E-state index in [1.807, 2.05) is 6.08 Å². The van der Waals surface area contributed by atoms with Gasteiger partial charge in [-0.25, -0.2) is 20.4 Å². The van der Waals surface area contributed by atoms with Crippen LogP contribution in [0.15, 0.2) is 12.7 Å². The van der Waals surface area contributed by atoms with Crippen LogP contribution < -0.4 is 5.84 Å². The van der Waals surface area contributed by atoms with Crippen LogP contribution in [0.1, 0.15) is 64.2 Å². The number of hydrazine groups is 1. The van der Waals surface area contributed by atoms with Gasteiger partial charge in [-0.05, 0) is 50.4 Å². The van der Waals surface area contributed by atoms with Crippen molar-refractivity contribution in [3.05, 3.63) is 12.7 Å². The van der Waals surface area contributed by atoms with Gasteiger partial charge in [-0.1, -0.05) is 31.8 Å². The highest BCUT2D eigenvalue weighted by Crippen LogP contribution is 2.31. The van der Waals surface area contributed by atoms with E-state index in [0.29, 0.717) is 0 Å². The van der Waals surface area contributed by atoms with Crippen molar-refractivity contribution in [2.75, 3.05) is 0 Å². The number of rotatable bonds is 6. The molecular formula is C18H30N2O4. The molecule has 2 saturated carbocycles. The van der Waals surface area contributed by atoms with E-state index in [0.717, 1.165) is 69.2 Å². The van der Waals surface area contributed by atoms with Crippen molar-refractivity contribution in [3.8, 4) is 0 Å². The number of ether oxygens (including phenoxy) is 1. The highest BCUT2D eigenvalue weighted by molar-refractivity contribution is 5.80. The van der Waals surface area contributed by atoms with Crippen LogP contribution in [-0.4, -0.2) is 34.3 Å². The first-order valence-corrected chi connectivity index (χ1v) is 9.12. The molecule has 0 saturated heterocycles. The number of amides is 1. The molecule has 0 aromatic rings. The van der Waals surface area contributed by atoms with Gasteiger partial charge >= 0.3 is 12.1 Å². The van der Waals surface area contributed by atoms with E-state index in [1.54, 1.807) is 0 Å². The van der Waals surface area contributed by atoms with E-state index in [2.05, 4.69) is 6.58 Å². The molecule has 6 heteroatoms. The number of allylic oxidation sites excluding steroid dienone is 1. The first-order chi connectivity index (χ1) is 11.5. The second-order valence-electron chi connectivity index (χ2n) is 7.08. The van der Waals surface area contributed by atoms with Crippen LogP contribution in [0.25, 0.3) is 0 Å². The number of hydrogen-bond donors (Lipinski definition) is 2. The minimum atomic E-state index is -1.05. The Labute approximate surface area is 144 Å². The van der Waals surface area contributed by atoms with Gasteiger partial charge in [0.15, 0.2) is 6.04 Å². The van der Waals surface area contributed by atoms with Crippen molar-refractivity contribution in [3.63, 3.8) is 0 Å². The number of carbonyl (C=O) groups excluding carboxylic acids is 1. The summed E-state index contributed by atoms with van der Waals surface area (Å²) < 4.78 is 5.59. The maximum absolute atomic E-state index is 12.4. The number of nitrogens with two attached hydrogens (primary N) is 1. The van der Waals surface area contributed by atoms with E-state index in [9.17, 15) is 14.7 Å². The molecule has 24 heavy (non-hydrogen) atoms. The molecular weight excluding hydrogens is 308 g/mol. The van der Waals surface area contributed by atoms with Crippen LogP contribution in [0.2, 0.25) is 0 Å². The third-order valence-corrected chi connectivity index (χ3v) is 5.42. The average Bonchev–Trinajstić information content (AvgIpc) is 2.57. The van der Waals surface area contributed by atoms with Gasteiger partial charge in [0.2, 0.25) is 0 Å². The third-order valence-electron chi connectivity index (χ3n) is 5.42. The number of nitrogens with zero attached hydrogens (tertiary/aromatic N) is 1. The predicted molar refractivity (Wildman–Crippen MR) is 91.1 cm³/mol. The molecule has 2 rings (SSSR count). The van der Waals surface area contributed by atoms with Gasteiger partial charge < -0.3 is 9.84 Å². The molecule has 0 aliphatic heterocycles. The standard InChI is InChI=1S/C18H30N2O4/c1-2-8-13-9-6-7-12-15(13)24-18(23)20(19)16(17(21)22)14-10-4-3-5-11-14/h2,13-16H,1,3-12,19H2,(H,21,22). The highest BCUT2D eigenvalue weighted by Gasteiger charge is 2.38. The van der Waals surface area contributed by atoms with E-state index in [-0.39, 0.29) is 17.9 Å². The predicted octanol–water partition coefficient (Wildman–Crippen LogP) is 3.47. The lowest BCUT2D eigenvalue weighted by Gasteiger charge is -2.35. The number of hydrogen-bond acceptors (Lipinski definition) is 4. The van der Waals surface area contributed by atoms with Crippen LogP contribution in [-0.2, 0) is 9.53 Å². The molecule has 0 aromatic heterocycles. The summed E-state index contributed by atoms with van der Waals surface area (Å²) in [4.78, 5) is 24.1. The Balaban J connectivity index is 1.99. The zero-order valence-corrected chi connectivity index (χ0v) is 14.4. The largest absolute Gasteiger partial charge is 0.480 e. The quantitative estimate of drug-likeness (QED) is 0.335. The van der Waals surface area contributed by atoms with Crippen molar-refractivity contribution in [1.82, 2.24) is 5.01 Å². The van der Waals surface area contributed by atoms with E-state index in [1.165, 1.54) is 0 Å². The number of aliphatic carboxylic acids is 1. The molecule has 1 amide bonds. The second-order valence-corrected chi connectivity index (χ2v) is 7.08. The van der Waals surface area contributed by atoms with Crippen LogP contribution in [0.3, 0.4) is 0 Å². The summed E-state index contributed by atoms with van der Waals surface area (Å²) in [5.41, 5.74) is 0. The molecule has 136 valence electrons. The Morgan fingerprint density at radius 1 is 1.17 bits per heavy atom. The molecule has 6 nitrogen and oxygen atoms in total. The zero-order chi connectivity index (χ0) is 17.5. The number of carboxylic acid groups (broad SMARTS) is 1. The molecule has 0 radical (unpaired) electrons. The topological polar surface area (TPSA) is 92.9 Å². The normalized spacial score (nSPS) is 26.4. The summed E-state index contributed by atoms with van der Waals surface area (Å²) in [7, 11) is 0. The Kier molecular flexibility index (Phi) is 7.09. The zero-order valence-electron chi connectivity index (χ0n) is 14.4. The lowest BCUT2D eigenvalue weighted by molar-refractivity contribution is -0.146. The van der Waals surface area contributed by atoms with E-state index < -0.39 is 18.1 Å². The van der Waals surface area contributed by atoms with Gasteiger partial charge in [0.1, 0.15) is 6.10 Å². The van der Waals surface area contributed by atoms with Gasteiger partial charge in [-0.3, -0.25) is 0 Å². The first kappa shape index (κ1) is 18.8. The van der Waals surface area contributed by atoms with Crippen LogP contribution in [0, 0.1) is 11.8 Å². The summed E-state index contributed by atoms with van der Waals surface area (Å²) in [6.07, 6.45) is 10.3. The summed E-state index contributed by atoms with van der Waals surface area (Å²) in [5, 5.41) is 10.4. The first-order valence-electron chi connectivity index (χ1n) is 9.12. The van der Waals surface area contributed by atoms with Crippen LogP contribution in [0.5, 0.6) is 0 Å². The van der Waals surface area contributed by atoms with E-state index >= 15 is 0 Å². The summed E-state index contributed by atoms with van der Waals surface area (Å²) in [5.74, 6) is 5.00. The van der Waals surface area contributed by atoms with Crippen LogP contribution >= 0.6 is 0 Å². The Morgan fingerprint density at radius 2 is 1.79 bits per heavy atom. The lowest BCUT2D eigenvalue weighted by atomic mass is 9.83. The molecule has 2 aliphatic rings. The fraction of sp³-hybridized carbons (Fsp3) is 0.778. The lowest BCUT2D eigenvalue weighted by Crippen LogP contribution is -2.54. The molecule has 2 fully saturated rings. The Bertz CT molecular complexity index is 448. The van der Waals surface area contributed by atoms with Gasteiger partial charge in [-0.15, -0.1) is 6.58 Å². The third kappa shape index (κ3) is 4.72. The maximum Gasteiger partial charge on any atom is 0.425 e. The fourth-order valence-corrected chi connectivity index (χ4v) is 4.11. The molecule has 0 aromatic carbocycles. The van der Waals surface area contributed by atoms with Crippen molar-refractivity contribution >= 4 is 12.1 Å². The summed E-state index contributed by atoms with van der Waals surface area (Å²) in [6.45, 7) is 3.76. The second kappa shape index (κ2) is 9.06. The van der Waals surface area contributed by atoms with Gasteiger partial charge in [0.25, 0.3) is 0 Å². The van der Waals surface area contributed by atoms with Gasteiger partial charge in [-0.2, -0.15) is 0 Å². The maximum atomic E-state index is 12.4. The molecule has 0 bridgehead atoms. The molecule has 3 unspecified atom stereocenters. The number of carbonyl (C=O) groups is 2. The fourth-order valence-electron chi connectivity index (χ4n) is 4.11. The Hall–Kier alpha value is -1.56. The monoisotopic (exact) mass is 338 g/mol. The minimum Gasteiger partial charge on any atom is -0.480 e. The summed E-state index contributed by atoms with van der Waals surface area (Å²) in [6, 6.07) is -1.00. The Morgan fingerprint density at radius 3 is 2.42 bits per heavy atom. The van der Waals surface area contributed by atoms with Crippen molar-refractivity contribution in [2.24, 2.45) is 17.7 Å². The van der Waals surface area contributed by atoms with Crippen molar-refractivity contribution < 1.29 is 19.4 Å². The smallest absolute Gasteiger partial charge is 0.425 e. The molecule has 3 atom stereocenters. The molecule has 3 N–H and O–H groups in total. The molecule has 0 heterocycles. The van der Waals surface area contributed by atoms with Crippen molar-refractivity contribution in [2.45, 2.75) is 76.4 Å². The average molecular weight is 338 g/mol.